The Bertz CT molecular complexity index is 380. The van der Waals surface area contributed by atoms with Crippen molar-refractivity contribution in [1.82, 2.24) is 10.6 Å². The number of hydrogen-bond acceptors (Lipinski definition) is 5. The molecule has 0 saturated carbocycles. The molecule has 0 spiro atoms. The van der Waals surface area contributed by atoms with Crippen LogP contribution in [0.3, 0.4) is 0 Å². The molecule has 0 heterocycles. The third-order valence-corrected chi connectivity index (χ3v) is 2.12. The maximum atomic E-state index is 11.7. The van der Waals surface area contributed by atoms with Crippen LogP contribution in [0.1, 0.15) is 33.6 Å². The van der Waals surface area contributed by atoms with Crippen molar-refractivity contribution in [3.8, 4) is 0 Å². The second kappa shape index (κ2) is 8.89. The Balaban J connectivity index is 4.50. The highest BCUT2D eigenvalue weighted by molar-refractivity contribution is 5.88. The molecule has 2 amide bonds. The zero-order chi connectivity index (χ0) is 15.7. The molecule has 114 valence electrons. The van der Waals surface area contributed by atoms with Crippen molar-refractivity contribution < 1.29 is 29.0 Å². The van der Waals surface area contributed by atoms with Crippen molar-refractivity contribution >= 4 is 23.8 Å². The molecule has 20 heavy (non-hydrogen) atoms. The third kappa shape index (κ3) is 8.90. The van der Waals surface area contributed by atoms with E-state index in [2.05, 4.69) is 10.6 Å². The van der Waals surface area contributed by atoms with Gasteiger partial charge in [0, 0.05) is 13.3 Å². The van der Waals surface area contributed by atoms with Crippen LogP contribution in [0.25, 0.3) is 0 Å². The van der Waals surface area contributed by atoms with Crippen LogP contribution in [-0.2, 0) is 23.9 Å². The van der Waals surface area contributed by atoms with Gasteiger partial charge in [-0.05, 0) is 20.3 Å². The number of esters is 1. The Morgan fingerprint density at radius 2 is 1.80 bits per heavy atom. The molecule has 0 aromatic carbocycles. The maximum absolute atomic E-state index is 11.7. The fourth-order valence-electron chi connectivity index (χ4n) is 1.28. The second-order valence-corrected chi connectivity index (χ2v) is 4.45. The lowest BCUT2D eigenvalue weighted by molar-refractivity contribution is -0.152. The third-order valence-electron chi connectivity index (χ3n) is 2.12. The minimum atomic E-state index is -1.08. The summed E-state index contributed by atoms with van der Waals surface area (Å²) < 4.78 is 4.94. The molecule has 8 nitrogen and oxygen atoms in total. The lowest BCUT2D eigenvalue weighted by Crippen LogP contribution is -2.46. The predicted octanol–water partition coefficient (Wildman–Crippen LogP) is -0.576. The van der Waals surface area contributed by atoms with Crippen molar-refractivity contribution in [2.45, 2.75) is 45.8 Å². The molecular formula is C12H20N2O6. The molecule has 3 N–H and O–H groups in total. The molecule has 8 heteroatoms. The summed E-state index contributed by atoms with van der Waals surface area (Å²) in [6.07, 6.45) is -0.729. The Labute approximate surface area is 116 Å². The lowest BCUT2D eigenvalue weighted by Gasteiger charge is -2.18. The molecule has 0 aliphatic carbocycles. The molecule has 0 aromatic heterocycles. The Morgan fingerprint density at radius 3 is 2.25 bits per heavy atom. The van der Waals surface area contributed by atoms with Gasteiger partial charge in [-0.1, -0.05) is 0 Å². The van der Waals surface area contributed by atoms with Gasteiger partial charge in [0.05, 0.1) is 12.6 Å². The number of hydrogen-bond donors (Lipinski definition) is 3. The smallest absolute Gasteiger partial charge is 0.328 e. The molecule has 0 saturated heterocycles. The average Bonchev–Trinajstić information content (AvgIpc) is 2.30. The second-order valence-electron chi connectivity index (χ2n) is 4.45. The van der Waals surface area contributed by atoms with Gasteiger partial charge in [-0.3, -0.25) is 14.4 Å². The van der Waals surface area contributed by atoms with Crippen molar-refractivity contribution in [2.75, 3.05) is 6.54 Å². The first kappa shape index (κ1) is 17.9. The minimum Gasteiger partial charge on any atom is -0.481 e. The Morgan fingerprint density at radius 1 is 1.20 bits per heavy atom. The monoisotopic (exact) mass is 288 g/mol. The van der Waals surface area contributed by atoms with Gasteiger partial charge in [0.2, 0.25) is 11.8 Å². The molecule has 0 aliphatic rings. The van der Waals surface area contributed by atoms with Crippen LogP contribution < -0.4 is 10.6 Å². The Kier molecular flexibility index (Phi) is 7.95. The SMILES string of the molecule is CC(=O)NCC(=O)NC(CCC(=O)O)C(=O)OC(C)C. The van der Waals surface area contributed by atoms with E-state index in [1.54, 1.807) is 13.8 Å². The van der Waals surface area contributed by atoms with Crippen LogP contribution in [0.15, 0.2) is 0 Å². The highest BCUT2D eigenvalue weighted by Gasteiger charge is 2.23. The molecule has 1 unspecified atom stereocenters. The summed E-state index contributed by atoms with van der Waals surface area (Å²) in [5.74, 6) is -2.75. The first-order chi connectivity index (χ1) is 9.22. The molecule has 0 bridgehead atoms. The zero-order valence-corrected chi connectivity index (χ0v) is 11.8. The molecule has 0 rings (SSSR count). The van der Waals surface area contributed by atoms with Crippen molar-refractivity contribution in [2.24, 2.45) is 0 Å². The van der Waals surface area contributed by atoms with E-state index in [4.69, 9.17) is 9.84 Å². The van der Waals surface area contributed by atoms with E-state index in [0.717, 1.165) is 0 Å². The highest BCUT2D eigenvalue weighted by Crippen LogP contribution is 2.03. The lowest BCUT2D eigenvalue weighted by atomic mass is 10.1. The van der Waals surface area contributed by atoms with Crippen LogP contribution in [0.4, 0.5) is 0 Å². The van der Waals surface area contributed by atoms with Gasteiger partial charge in [-0.25, -0.2) is 4.79 Å². The van der Waals surface area contributed by atoms with Crippen LogP contribution in [0.2, 0.25) is 0 Å². The largest absolute Gasteiger partial charge is 0.481 e. The number of ether oxygens (including phenoxy) is 1. The van der Waals surface area contributed by atoms with Crippen LogP contribution in [0, 0.1) is 0 Å². The van der Waals surface area contributed by atoms with E-state index in [0.29, 0.717) is 0 Å². The standard InChI is InChI=1S/C12H20N2O6/c1-7(2)20-12(19)9(4-5-11(17)18)14-10(16)6-13-8(3)15/h7,9H,4-6H2,1-3H3,(H,13,15)(H,14,16)(H,17,18). The van der Waals surface area contributed by atoms with E-state index in [-0.39, 0.29) is 31.4 Å². The summed E-state index contributed by atoms with van der Waals surface area (Å²) in [5, 5.41) is 13.2. The summed E-state index contributed by atoms with van der Waals surface area (Å²) in [6.45, 7) is 4.26. The summed E-state index contributed by atoms with van der Waals surface area (Å²) in [4.78, 5) is 44.4. The summed E-state index contributed by atoms with van der Waals surface area (Å²) >= 11 is 0. The number of nitrogens with one attached hydrogen (secondary N) is 2. The first-order valence-electron chi connectivity index (χ1n) is 6.18. The number of carboxylic acid groups (broad SMARTS) is 1. The zero-order valence-electron chi connectivity index (χ0n) is 11.8. The predicted molar refractivity (Wildman–Crippen MR) is 68.7 cm³/mol. The summed E-state index contributed by atoms with van der Waals surface area (Å²) in [5.41, 5.74) is 0. The summed E-state index contributed by atoms with van der Waals surface area (Å²) in [7, 11) is 0. The quantitative estimate of drug-likeness (QED) is 0.514. The van der Waals surface area contributed by atoms with Crippen molar-refractivity contribution in [3.63, 3.8) is 0 Å². The van der Waals surface area contributed by atoms with E-state index in [1.807, 2.05) is 0 Å². The Hall–Kier alpha value is -2.12. The van der Waals surface area contributed by atoms with E-state index in [9.17, 15) is 19.2 Å². The molecule has 0 aliphatic heterocycles. The molecule has 0 radical (unpaired) electrons. The number of rotatable bonds is 8. The minimum absolute atomic E-state index is 0.0767. The number of carbonyl (C=O) groups is 4. The van der Waals surface area contributed by atoms with Crippen LogP contribution in [0.5, 0.6) is 0 Å². The average molecular weight is 288 g/mol. The van der Waals surface area contributed by atoms with Gasteiger partial charge in [0.15, 0.2) is 0 Å². The van der Waals surface area contributed by atoms with Gasteiger partial charge < -0.3 is 20.5 Å². The maximum Gasteiger partial charge on any atom is 0.328 e. The number of aliphatic carboxylic acids is 1. The molecule has 0 fully saturated rings. The number of carbonyl (C=O) groups excluding carboxylic acids is 3. The van der Waals surface area contributed by atoms with Gasteiger partial charge in [-0.15, -0.1) is 0 Å². The number of amides is 2. The van der Waals surface area contributed by atoms with E-state index in [1.165, 1.54) is 6.92 Å². The van der Waals surface area contributed by atoms with Crippen LogP contribution >= 0.6 is 0 Å². The van der Waals surface area contributed by atoms with Gasteiger partial charge >= 0.3 is 11.9 Å². The molecule has 1 atom stereocenters. The topological polar surface area (TPSA) is 122 Å². The molecule has 0 aromatic rings. The highest BCUT2D eigenvalue weighted by atomic mass is 16.5. The number of carboxylic acids is 1. The fraction of sp³-hybridized carbons (Fsp3) is 0.667. The molecular weight excluding hydrogens is 268 g/mol. The summed E-state index contributed by atoms with van der Waals surface area (Å²) in [6, 6.07) is -1.05. The van der Waals surface area contributed by atoms with Gasteiger partial charge in [0.25, 0.3) is 0 Å². The fourth-order valence-corrected chi connectivity index (χ4v) is 1.28. The van der Waals surface area contributed by atoms with Crippen molar-refractivity contribution in [1.29, 1.82) is 0 Å². The van der Waals surface area contributed by atoms with E-state index < -0.39 is 23.9 Å². The van der Waals surface area contributed by atoms with Gasteiger partial charge in [-0.2, -0.15) is 0 Å². The van der Waals surface area contributed by atoms with E-state index >= 15 is 0 Å². The van der Waals surface area contributed by atoms with Crippen LogP contribution in [-0.4, -0.2) is 47.6 Å². The normalized spacial score (nSPS) is 11.6. The van der Waals surface area contributed by atoms with Crippen molar-refractivity contribution in [3.05, 3.63) is 0 Å². The van der Waals surface area contributed by atoms with Gasteiger partial charge in [0.1, 0.15) is 6.04 Å². The first-order valence-corrected chi connectivity index (χ1v) is 6.18.